The van der Waals surface area contributed by atoms with Crippen LogP contribution in [0.2, 0.25) is 0 Å². The van der Waals surface area contributed by atoms with E-state index >= 15 is 0 Å². The SMILES string of the molecule is C[C@H](c1c[nH]c2ccccc12)[C@@H](NC(=O)N1CCN(C(=O)c2ccco2)CC1)C(=O)Nc1cccc(CN(C)C)c1. The van der Waals surface area contributed by atoms with Crippen molar-refractivity contribution in [3.63, 3.8) is 0 Å². The van der Waals surface area contributed by atoms with Gasteiger partial charge < -0.3 is 34.7 Å². The fourth-order valence-corrected chi connectivity index (χ4v) is 5.29. The number of rotatable bonds is 8. The zero-order valence-electron chi connectivity index (χ0n) is 23.6. The Bertz CT molecular complexity index is 1500. The van der Waals surface area contributed by atoms with E-state index in [1.807, 2.05) is 75.7 Å². The summed E-state index contributed by atoms with van der Waals surface area (Å²) in [7, 11) is 3.98. The van der Waals surface area contributed by atoms with Crippen LogP contribution in [0.1, 0.15) is 34.5 Å². The number of benzene rings is 2. The lowest BCUT2D eigenvalue weighted by Gasteiger charge is -2.35. The number of aromatic nitrogens is 1. The second-order valence-corrected chi connectivity index (χ2v) is 10.7. The first-order chi connectivity index (χ1) is 19.8. The average molecular weight is 557 g/mol. The molecule has 0 radical (unpaired) electrons. The van der Waals surface area contributed by atoms with Crippen molar-refractivity contribution in [2.24, 2.45) is 0 Å². The van der Waals surface area contributed by atoms with E-state index in [0.29, 0.717) is 31.9 Å². The smallest absolute Gasteiger partial charge is 0.318 e. The standard InChI is InChI=1S/C31H36N6O4/c1-21(25-19-32-26-11-5-4-10-24(25)26)28(29(38)33-23-9-6-8-22(18-23)20-35(2)3)34-31(40)37-15-13-36(14-16-37)30(39)27-12-7-17-41-27/h4-12,17-19,21,28,32H,13-16,20H2,1-3H3,(H,33,38)(H,34,40)/t21-,28-/m1/s1. The van der Waals surface area contributed by atoms with E-state index in [9.17, 15) is 14.4 Å². The first-order valence-corrected chi connectivity index (χ1v) is 13.8. The third kappa shape index (κ3) is 6.44. The molecule has 10 heteroatoms. The molecule has 2 atom stereocenters. The quantitative estimate of drug-likeness (QED) is 0.302. The third-order valence-electron chi connectivity index (χ3n) is 7.45. The summed E-state index contributed by atoms with van der Waals surface area (Å²) in [6.45, 7) is 4.13. The molecule has 1 aliphatic heterocycles. The van der Waals surface area contributed by atoms with Gasteiger partial charge in [0.2, 0.25) is 5.91 Å². The van der Waals surface area contributed by atoms with Crippen molar-refractivity contribution in [1.29, 1.82) is 0 Å². The number of para-hydroxylation sites is 1. The molecule has 0 unspecified atom stereocenters. The van der Waals surface area contributed by atoms with Crippen LogP contribution in [0.5, 0.6) is 0 Å². The summed E-state index contributed by atoms with van der Waals surface area (Å²) >= 11 is 0. The van der Waals surface area contributed by atoms with Gasteiger partial charge >= 0.3 is 6.03 Å². The van der Waals surface area contributed by atoms with Gasteiger partial charge in [0.1, 0.15) is 6.04 Å². The molecule has 1 saturated heterocycles. The highest BCUT2D eigenvalue weighted by molar-refractivity contribution is 5.98. The maximum atomic E-state index is 13.8. The Morgan fingerprint density at radius 1 is 0.976 bits per heavy atom. The van der Waals surface area contributed by atoms with Crippen LogP contribution in [0.15, 0.2) is 77.5 Å². The van der Waals surface area contributed by atoms with Crippen LogP contribution >= 0.6 is 0 Å². The van der Waals surface area contributed by atoms with Crippen LogP contribution in [0.4, 0.5) is 10.5 Å². The summed E-state index contributed by atoms with van der Waals surface area (Å²) < 4.78 is 5.24. The van der Waals surface area contributed by atoms with E-state index in [0.717, 1.165) is 28.6 Å². The molecule has 10 nitrogen and oxygen atoms in total. The highest BCUT2D eigenvalue weighted by atomic mass is 16.3. The second kappa shape index (κ2) is 12.3. The van der Waals surface area contributed by atoms with E-state index in [4.69, 9.17) is 4.42 Å². The van der Waals surface area contributed by atoms with Crippen LogP contribution in [0.3, 0.4) is 0 Å². The number of hydrogen-bond acceptors (Lipinski definition) is 5. The van der Waals surface area contributed by atoms with Gasteiger partial charge in [0.15, 0.2) is 5.76 Å². The normalized spacial score (nSPS) is 15.1. The molecule has 1 aliphatic rings. The van der Waals surface area contributed by atoms with Crippen LogP contribution < -0.4 is 10.6 Å². The molecule has 5 rings (SSSR count). The number of amides is 4. The number of hydrogen-bond donors (Lipinski definition) is 3. The molecule has 0 spiro atoms. The molecule has 3 heterocycles. The highest BCUT2D eigenvalue weighted by Gasteiger charge is 2.33. The van der Waals surface area contributed by atoms with Crippen molar-refractivity contribution in [2.75, 3.05) is 45.6 Å². The van der Waals surface area contributed by atoms with Gasteiger partial charge in [-0.25, -0.2) is 4.79 Å². The van der Waals surface area contributed by atoms with E-state index in [1.54, 1.807) is 21.9 Å². The van der Waals surface area contributed by atoms with Gasteiger partial charge in [-0.15, -0.1) is 0 Å². The lowest BCUT2D eigenvalue weighted by molar-refractivity contribution is -0.118. The Balaban J connectivity index is 1.32. The Hall–Kier alpha value is -4.57. The zero-order chi connectivity index (χ0) is 28.9. The largest absolute Gasteiger partial charge is 0.459 e. The van der Waals surface area contributed by atoms with E-state index in [1.165, 1.54) is 6.26 Å². The summed E-state index contributed by atoms with van der Waals surface area (Å²) in [4.78, 5) is 48.6. The number of anilines is 1. The summed E-state index contributed by atoms with van der Waals surface area (Å²) in [5.41, 5.74) is 3.65. The number of fused-ring (bicyclic) bond motifs is 1. The zero-order valence-corrected chi connectivity index (χ0v) is 23.6. The molecule has 2 aromatic carbocycles. The minimum Gasteiger partial charge on any atom is -0.459 e. The predicted molar refractivity (Wildman–Crippen MR) is 158 cm³/mol. The molecule has 3 N–H and O–H groups in total. The van der Waals surface area contributed by atoms with Gasteiger partial charge in [0.05, 0.1) is 6.26 Å². The van der Waals surface area contributed by atoms with Gasteiger partial charge in [-0.3, -0.25) is 9.59 Å². The molecule has 4 amide bonds. The number of urea groups is 1. The van der Waals surface area contributed by atoms with Gasteiger partial charge in [-0.2, -0.15) is 0 Å². The van der Waals surface area contributed by atoms with E-state index in [2.05, 4.69) is 20.5 Å². The summed E-state index contributed by atoms with van der Waals surface area (Å²) in [6, 6.07) is 17.7. The Morgan fingerprint density at radius 2 is 1.73 bits per heavy atom. The minimum atomic E-state index is -0.845. The Labute approximate surface area is 239 Å². The lowest BCUT2D eigenvalue weighted by Crippen LogP contribution is -2.57. The summed E-state index contributed by atoms with van der Waals surface area (Å²) in [5.74, 6) is -0.551. The van der Waals surface area contributed by atoms with Gasteiger partial charge in [0, 0.05) is 61.4 Å². The number of nitrogens with zero attached hydrogens (tertiary/aromatic N) is 3. The topological polar surface area (TPSA) is 114 Å². The van der Waals surface area contributed by atoms with Crippen molar-refractivity contribution >= 4 is 34.4 Å². The first kappa shape index (κ1) is 28.0. The van der Waals surface area contributed by atoms with E-state index in [-0.39, 0.29) is 29.5 Å². The number of aromatic amines is 1. The maximum absolute atomic E-state index is 13.8. The second-order valence-electron chi connectivity index (χ2n) is 10.7. The molecule has 4 aromatic rings. The van der Waals surface area contributed by atoms with Crippen molar-refractivity contribution in [2.45, 2.75) is 25.4 Å². The molecule has 0 bridgehead atoms. The fourth-order valence-electron chi connectivity index (χ4n) is 5.29. The Morgan fingerprint density at radius 3 is 2.46 bits per heavy atom. The number of nitrogens with one attached hydrogen (secondary N) is 3. The molecular formula is C31H36N6O4. The van der Waals surface area contributed by atoms with Crippen LogP contribution in [-0.2, 0) is 11.3 Å². The van der Waals surface area contributed by atoms with Crippen LogP contribution in [0.25, 0.3) is 10.9 Å². The van der Waals surface area contributed by atoms with Crippen LogP contribution in [0, 0.1) is 0 Å². The maximum Gasteiger partial charge on any atom is 0.318 e. The molecule has 0 saturated carbocycles. The molecule has 2 aromatic heterocycles. The van der Waals surface area contributed by atoms with Crippen molar-refractivity contribution in [3.8, 4) is 0 Å². The third-order valence-corrected chi connectivity index (χ3v) is 7.45. The van der Waals surface area contributed by atoms with Crippen LogP contribution in [-0.4, -0.2) is 83.8 Å². The average Bonchev–Trinajstić information content (AvgIpc) is 3.66. The van der Waals surface area contributed by atoms with Crippen molar-refractivity contribution in [3.05, 3.63) is 90.0 Å². The number of furan rings is 1. The van der Waals surface area contributed by atoms with Gasteiger partial charge in [0.25, 0.3) is 5.91 Å². The summed E-state index contributed by atoms with van der Waals surface area (Å²) in [6.07, 6.45) is 3.37. The number of H-pyrrole nitrogens is 1. The minimum absolute atomic E-state index is 0.197. The van der Waals surface area contributed by atoms with E-state index < -0.39 is 6.04 Å². The van der Waals surface area contributed by atoms with Crippen molar-refractivity contribution in [1.82, 2.24) is 25.0 Å². The lowest BCUT2D eigenvalue weighted by atomic mass is 9.92. The molecule has 41 heavy (non-hydrogen) atoms. The molecule has 1 fully saturated rings. The predicted octanol–water partition coefficient (Wildman–Crippen LogP) is 4.10. The number of piperazine rings is 1. The fraction of sp³-hybridized carbons (Fsp3) is 0.323. The number of carbonyl (C=O) groups excluding carboxylic acids is 3. The van der Waals surface area contributed by atoms with Crippen molar-refractivity contribution < 1.29 is 18.8 Å². The monoisotopic (exact) mass is 556 g/mol. The van der Waals surface area contributed by atoms with Gasteiger partial charge in [-0.05, 0) is 55.6 Å². The number of carbonyl (C=O) groups is 3. The molecular weight excluding hydrogens is 520 g/mol. The summed E-state index contributed by atoms with van der Waals surface area (Å²) in [5, 5.41) is 7.04. The highest BCUT2D eigenvalue weighted by Crippen LogP contribution is 2.28. The van der Waals surface area contributed by atoms with Gasteiger partial charge in [-0.1, -0.05) is 37.3 Å². The molecule has 214 valence electrons. The Kier molecular flexibility index (Phi) is 8.39. The first-order valence-electron chi connectivity index (χ1n) is 13.8. The molecule has 0 aliphatic carbocycles.